The minimum atomic E-state index is -1.65. The highest BCUT2D eigenvalue weighted by Crippen LogP contribution is 2.22. The first-order valence-corrected chi connectivity index (χ1v) is 27.5. The third-order valence-electron chi connectivity index (χ3n) is 12.0. The van der Waals surface area contributed by atoms with Gasteiger partial charge in [0.05, 0.1) is 85.0 Å². The summed E-state index contributed by atoms with van der Waals surface area (Å²) in [7, 11) is 0. The second kappa shape index (κ2) is 31.6. The monoisotopic (exact) mass is 1140 g/mol. The average Bonchev–Trinajstić information content (AvgIpc) is 3.77. The van der Waals surface area contributed by atoms with Crippen LogP contribution in [0, 0.1) is 0 Å². The lowest BCUT2D eigenvalue weighted by Gasteiger charge is -2.39. The van der Waals surface area contributed by atoms with E-state index in [1.165, 1.54) is 4.68 Å². The Kier molecular flexibility index (Phi) is 26.8. The first kappa shape index (κ1) is 67.7. The molecule has 2 aromatic rings. The number of hydrogen-bond acceptors (Lipinski definition) is 23. The molecule has 25 heteroatoms. The fraction of sp³-hybridized carbons (Fsp3) is 0.764. The highest BCUT2D eigenvalue weighted by molar-refractivity contribution is 5.90. The summed E-state index contributed by atoms with van der Waals surface area (Å²) in [5.41, 5.74) is -0.974. The van der Waals surface area contributed by atoms with Gasteiger partial charge in [0.15, 0.2) is 6.29 Å². The van der Waals surface area contributed by atoms with Gasteiger partial charge < -0.3 is 63.6 Å². The summed E-state index contributed by atoms with van der Waals surface area (Å²) in [6.45, 7) is 25.2. The molecule has 3 heterocycles. The molecule has 1 aromatic heterocycles. The van der Waals surface area contributed by atoms with E-state index in [0.717, 1.165) is 5.56 Å². The molecule has 2 saturated heterocycles. The second-order valence-corrected chi connectivity index (χ2v) is 24.2. The number of amides is 1. The molecule has 454 valence electrons. The van der Waals surface area contributed by atoms with Crippen LogP contribution in [0.5, 0.6) is 0 Å². The van der Waals surface area contributed by atoms with E-state index in [1.807, 2.05) is 73.3 Å². The molecule has 2 fully saturated rings. The van der Waals surface area contributed by atoms with Crippen molar-refractivity contribution in [1.82, 2.24) is 34.6 Å². The van der Waals surface area contributed by atoms with Gasteiger partial charge in [-0.1, -0.05) is 17.3 Å². The number of aliphatic hydroxyl groups is 4. The summed E-state index contributed by atoms with van der Waals surface area (Å²) < 4.78 is 46.5. The van der Waals surface area contributed by atoms with Crippen LogP contribution < -0.4 is 5.32 Å². The Bertz CT molecular complexity index is 2220. The van der Waals surface area contributed by atoms with E-state index in [9.17, 15) is 44.4 Å². The quantitative estimate of drug-likeness (QED) is 0.0560. The Hall–Kier alpha value is -4.77. The summed E-state index contributed by atoms with van der Waals surface area (Å²) in [5, 5.41) is 50.4. The standard InChI is InChI=1S/C55H92N8O17/c1-52(2,3)77-44(65)33-59-18-19-60(34-45(66)78-53(4,5)6)22-23-62(36-47(68)80-55(10,11)12)41(31-61(21-20-59)35-46(67)79-54(7,8)9)29-38-13-15-39(16-14-38)56-43(64)17-24-73-25-26-74-27-28-75-37-40-30-63(58-57-40)32-42-48(69)49(70)50(71)51(72)76-42/h13-16,30,41-42,48-51,69-72H,17-29,31-37H2,1-12H3,(H,56,64)/t41?,42-,48+,49-,50-,51+/m0/s1. The SMILES string of the molecule is CC(C)(C)OC(=O)CN1CCN(CC(=O)OC(C)(C)C)CCN(CC(=O)OC(C)(C)C)C(Cc2ccc(NC(=O)CCOCCOCCOCc3cn(C[C@@H]4O[C@@H](O)[C@@H](O)[C@@H](O)[C@@H]4O)nn3)cc2)CN(CC(=O)OC(C)(C)C)CC1. The fourth-order valence-electron chi connectivity index (χ4n) is 8.58. The smallest absolute Gasteiger partial charge is 0.320 e. The Labute approximate surface area is 471 Å². The van der Waals surface area contributed by atoms with Crippen LogP contribution in [0.3, 0.4) is 0 Å². The Morgan fingerprint density at radius 1 is 0.588 bits per heavy atom. The van der Waals surface area contributed by atoms with Crippen LogP contribution in [0.15, 0.2) is 30.5 Å². The number of hydrogen-bond donors (Lipinski definition) is 5. The molecule has 1 aromatic carbocycles. The zero-order valence-electron chi connectivity index (χ0n) is 49.2. The largest absolute Gasteiger partial charge is 0.459 e. The van der Waals surface area contributed by atoms with Gasteiger partial charge in [0.2, 0.25) is 5.91 Å². The van der Waals surface area contributed by atoms with Gasteiger partial charge in [-0.15, -0.1) is 5.10 Å². The van der Waals surface area contributed by atoms with E-state index >= 15 is 0 Å². The van der Waals surface area contributed by atoms with Gasteiger partial charge in [-0.2, -0.15) is 0 Å². The molecule has 2 aliphatic rings. The molecule has 1 unspecified atom stereocenters. The summed E-state index contributed by atoms with van der Waals surface area (Å²) in [6.07, 6.45) is -5.23. The average molecular weight is 1140 g/mol. The van der Waals surface area contributed by atoms with Crippen LogP contribution in [0.25, 0.3) is 0 Å². The molecule has 80 heavy (non-hydrogen) atoms. The predicted octanol–water partition coefficient (Wildman–Crippen LogP) is 1.16. The molecule has 2 aliphatic heterocycles. The Morgan fingerprint density at radius 3 is 1.57 bits per heavy atom. The second-order valence-electron chi connectivity index (χ2n) is 24.2. The number of nitrogens with one attached hydrogen (secondary N) is 1. The van der Waals surface area contributed by atoms with Gasteiger partial charge >= 0.3 is 23.9 Å². The number of rotatable bonds is 24. The predicted molar refractivity (Wildman–Crippen MR) is 292 cm³/mol. The van der Waals surface area contributed by atoms with Crippen LogP contribution in [0.2, 0.25) is 0 Å². The zero-order chi connectivity index (χ0) is 59.4. The van der Waals surface area contributed by atoms with E-state index in [4.69, 9.17) is 37.9 Å². The molecule has 0 aliphatic carbocycles. The van der Waals surface area contributed by atoms with Gasteiger partial charge in [0, 0.05) is 57.5 Å². The number of aromatic nitrogens is 3. The van der Waals surface area contributed by atoms with Crippen molar-refractivity contribution in [1.29, 1.82) is 0 Å². The maximum Gasteiger partial charge on any atom is 0.320 e. The number of carbonyl (C=O) groups excluding carboxylic acids is 5. The number of aliphatic hydroxyl groups excluding tert-OH is 4. The fourth-order valence-corrected chi connectivity index (χ4v) is 8.58. The molecular formula is C55H92N8O17. The van der Waals surface area contributed by atoms with Gasteiger partial charge in [-0.3, -0.25) is 43.6 Å². The zero-order valence-corrected chi connectivity index (χ0v) is 49.2. The number of anilines is 1. The van der Waals surface area contributed by atoms with E-state index in [-0.39, 0.29) is 84.7 Å². The lowest BCUT2D eigenvalue weighted by molar-refractivity contribution is -0.284. The first-order valence-electron chi connectivity index (χ1n) is 27.5. The van der Waals surface area contributed by atoms with E-state index in [1.54, 1.807) is 59.9 Å². The summed E-state index contributed by atoms with van der Waals surface area (Å²) >= 11 is 0. The first-order chi connectivity index (χ1) is 37.3. The van der Waals surface area contributed by atoms with Crippen LogP contribution in [0.1, 0.15) is 101 Å². The number of carbonyl (C=O) groups is 5. The molecular weight excluding hydrogens is 1040 g/mol. The molecule has 0 spiro atoms. The Morgan fingerprint density at radius 2 is 1.05 bits per heavy atom. The van der Waals surface area contributed by atoms with Crippen molar-refractivity contribution in [2.24, 2.45) is 0 Å². The van der Waals surface area contributed by atoms with Crippen LogP contribution in [0.4, 0.5) is 5.69 Å². The number of ether oxygens (including phenoxy) is 8. The highest BCUT2D eigenvalue weighted by atomic mass is 16.6. The number of nitrogens with zero attached hydrogens (tertiary/aromatic N) is 7. The van der Waals surface area contributed by atoms with Crippen molar-refractivity contribution in [3.05, 3.63) is 41.7 Å². The summed E-state index contributed by atoms with van der Waals surface area (Å²) in [6, 6.07) is 7.02. The van der Waals surface area contributed by atoms with Crippen molar-refractivity contribution in [2.45, 2.75) is 168 Å². The lowest BCUT2D eigenvalue weighted by atomic mass is 9.99. The van der Waals surface area contributed by atoms with Gasteiger partial charge in [-0.25, -0.2) is 4.68 Å². The number of esters is 4. The van der Waals surface area contributed by atoms with Crippen LogP contribution >= 0.6 is 0 Å². The van der Waals surface area contributed by atoms with Crippen molar-refractivity contribution >= 4 is 35.5 Å². The minimum Gasteiger partial charge on any atom is -0.459 e. The number of benzene rings is 1. The molecule has 25 nitrogen and oxygen atoms in total. The van der Waals surface area contributed by atoms with E-state index in [0.29, 0.717) is 63.6 Å². The van der Waals surface area contributed by atoms with Crippen molar-refractivity contribution in [3.8, 4) is 0 Å². The van der Waals surface area contributed by atoms with Gasteiger partial charge in [-0.05, 0) is 107 Å². The third kappa shape index (κ3) is 27.3. The maximum absolute atomic E-state index is 13.7. The highest BCUT2D eigenvalue weighted by Gasteiger charge is 2.43. The van der Waals surface area contributed by atoms with E-state index < -0.39 is 83.0 Å². The topological polar surface area (TPSA) is 296 Å². The van der Waals surface area contributed by atoms with Gasteiger partial charge in [0.1, 0.15) is 52.5 Å². The Balaban J connectivity index is 1.38. The summed E-state index contributed by atoms with van der Waals surface area (Å²) in [5.74, 6) is -1.93. The molecule has 0 bridgehead atoms. The molecule has 1 amide bonds. The third-order valence-corrected chi connectivity index (χ3v) is 12.0. The van der Waals surface area contributed by atoms with Crippen LogP contribution in [-0.2, 0) is 81.4 Å². The lowest BCUT2D eigenvalue weighted by Crippen LogP contribution is -2.58. The van der Waals surface area contributed by atoms with Crippen molar-refractivity contribution in [2.75, 3.05) is 110 Å². The van der Waals surface area contributed by atoms with Crippen molar-refractivity contribution < 1.29 is 82.3 Å². The molecule has 4 rings (SSSR count). The maximum atomic E-state index is 13.7. The summed E-state index contributed by atoms with van der Waals surface area (Å²) in [4.78, 5) is 74.8. The van der Waals surface area contributed by atoms with Crippen LogP contribution in [-0.4, -0.2) is 249 Å². The minimum absolute atomic E-state index is 0.0179. The molecule has 6 atom stereocenters. The molecule has 5 N–H and O–H groups in total. The van der Waals surface area contributed by atoms with E-state index in [2.05, 4.69) is 15.6 Å². The molecule has 0 saturated carbocycles. The van der Waals surface area contributed by atoms with Crippen molar-refractivity contribution in [3.63, 3.8) is 0 Å². The van der Waals surface area contributed by atoms with Gasteiger partial charge in [0.25, 0.3) is 0 Å². The normalized spacial score (nSPS) is 21.9. The molecule has 0 radical (unpaired) electrons.